The summed E-state index contributed by atoms with van der Waals surface area (Å²) in [6.07, 6.45) is 2.52. The van der Waals surface area contributed by atoms with Gasteiger partial charge in [0, 0.05) is 25.2 Å². The van der Waals surface area contributed by atoms with Gasteiger partial charge in [-0.1, -0.05) is 0 Å². The van der Waals surface area contributed by atoms with Crippen LogP contribution in [0.25, 0.3) is 0 Å². The molecule has 1 amide bonds. The molecule has 1 aromatic rings. The lowest BCUT2D eigenvalue weighted by molar-refractivity contribution is 0.0994. The van der Waals surface area contributed by atoms with Gasteiger partial charge in [0.15, 0.2) is 5.82 Å². The Kier molecular flexibility index (Phi) is 2.17. The number of carbonyl (C=O) groups excluding carboxylic acids is 1. The van der Waals surface area contributed by atoms with Gasteiger partial charge in [0.05, 0.1) is 11.8 Å². The first-order valence-electron chi connectivity index (χ1n) is 4.34. The van der Waals surface area contributed by atoms with Crippen LogP contribution in [0.1, 0.15) is 21.8 Å². The molecule has 1 fully saturated rings. The highest BCUT2D eigenvalue weighted by molar-refractivity contribution is 5.94. The fourth-order valence-corrected chi connectivity index (χ4v) is 1.53. The van der Waals surface area contributed by atoms with E-state index in [0.717, 1.165) is 19.3 Å². The Bertz CT molecular complexity index is 376. The number of carbonyl (C=O) groups is 1. The highest BCUT2D eigenvalue weighted by Crippen LogP contribution is 2.24. The minimum absolute atomic E-state index is 0.0218. The zero-order valence-corrected chi connectivity index (χ0v) is 7.46. The molecule has 0 bridgehead atoms. The molecule has 1 aliphatic rings. The molecule has 1 aromatic heterocycles. The summed E-state index contributed by atoms with van der Waals surface area (Å²) in [6, 6.07) is 0. The number of rotatable bonds is 2. The van der Waals surface area contributed by atoms with E-state index in [1.165, 1.54) is 6.20 Å². The largest absolute Gasteiger partial charge is 0.365 e. The van der Waals surface area contributed by atoms with Gasteiger partial charge in [-0.25, -0.2) is 4.39 Å². The van der Waals surface area contributed by atoms with Gasteiger partial charge in [0.2, 0.25) is 0 Å². The minimum atomic E-state index is -0.730. The number of hydrogen-bond acceptors (Lipinski definition) is 3. The van der Waals surface area contributed by atoms with Crippen LogP contribution in [0.3, 0.4) is 0 Å². The average molecular weight is 195 g/mol. The molecule has 0 spiro atoms. The second-order valence-electron chi connectivity index (χ2n) is 3.30. The Balaban J connectivity index is 2.46. The summed E-state index contributed by atoms with van der Waals surface area (Å²) in [5, 5.41) is 3.04. The van der Waals surface area contributed by atoms with Crippen molar-refractivity contribution in [1.82, 2.24) is 10.3 Å². The van der Waals surface area contributed by atoms with E-state index in [-0.39, 0.29) is 11.5 Å². The molecule has 2 rings (SSSR count). The Morgan fingerprint density at radius 2 is 2.29 bits per heavy atom. The van der Waals surface area contributed by atoms with Crippen molar-refractivity contribution >= 4 is 5.91 Å². The van der Waals surface area contributed by atoms with E-state index in [4.69, 9.17) is 5.73 Å². The van der Waals surface area contributed by atoms with Crippen molar-refractivity contribution in [1.29, 1.82) is 0 Å². The van der Waals surface area contributed by atoms with E-state index >= 15 is 0 Å². The number of amides is 1. The van der Waals surface area contributed by atoms with Crippen LogP contribution in [0.5, 0.6) is 0 Å². The lowest BCUT2D eigenvalue weighted by Gasteiger charge is -2.28. The first-order chi connectivity index (χ1) is 6.70. The van der Waals surface area contributed by atoms with Crippen LogP contribution >= 0.6 is 0 Å². The van der Waals surface area contributed by atoms with Crippen molar-refractivity contribution in [3.8, 4) is 0 Å². The van der Waals surface area contributed by atoms with Gasteiger partial charge >= 0.3 is 0 Å². The second kappa shape index (κ2) is 3.34. The van der Waals surface area contributed by atoms with Crippen molar-refractivity contribution in [2.24, 2.45) is 5.73 Å². The summed E-state index contributed by atoms with van der Waals surface area (Å²) in [5.74, 6) is -1.21. The Labute approximate surface area is 80.3 Å². The zero-order valence-electron chi connectivity index (χ0n) is 7.46. The lowest BCUT2D eigenvalue weighted by atomic mass is 9.91. The SMILES string of the molecule is NC(=O)c1c(F)cncc1C1CNC1. The minimum Gasteiger partial charge on any atom is -0.365 e. The van der Waals surface area contributed by atoms with Crippen LogP contribution in [0.4, 0.5) is 4.39 Å². The van der Waals surface area contributed by atoms with Gasteiger partial charge in [0.25, 0.3) is 5.91 Å². The number of primary amides is 1. The summed E-state index contributed by atoms with van der Waals surface area (Å²) in [4.78, 5) is 14.7. The van der Waals surface area contributed by atoms with E-state index in [9.17, 15) is 9.18 Å². The Hall–Kier alpha value is -1.49. The number of pyridine rings is 1. The summed E-state index contributed by atoms with van der Waals surface area (Å²) in [5.41, 5.74) is 5.69. The van der Waals surface area contributed by atoms with Crippen LogP contribution in [0, 0.1) is 5.82 Å². The maximum Gasteiger partial charge on any atom is 0.252 e. The molecule has 74 valence electrons. The Morgan fingerprint density at radius 3 is 2.79 bits per heavy atom. The predicted octanol–water partition coefficient (Wildman–Crippen LogP) is 0.00640. The van der Waals surface area contributed by atoms with E-state index in [1.54, 1.807) is 0 Å². The molecule has 4 nitrogen and oxygen atoms in total. The fourth-order valence-electron chi connectivity index (χ4n) is 1.53. The molecule has 5 heteroatoms. The molecular weight excluding hydrogens is 185 g/mol. The molecule has 0 aliphatic carbocycles. The summed E-state index contributed by atoms with van der Waals surface area (Å²) in [7, 11) is 0. The van der Waals surface area contributed by atoms with Crippen LogP contribution < -0.4 is 11.1 Å². The maximum atomic E-state index is 13.2. The van der Waals surface area contributed by atoms with E-state index in [2.05, 4.69) is 10.3 Å². The number of aromatic nitrogens is 1. The van der Waals surface area contributed by atoms with Gasteiger partial charge in [-0.05, 0) is 5.56 Å². The molecule has 2 heterocycles. The quantitative estimate of drug-likeness (QED) is 0.698. The molecule has 14 heavy (non-hydrogen) atoms. The van der Waals surface area contributed by atoms with Crippen LogP contribution in [-0.2, 0) is 0 Å². The molecule has 1 aliphatic heterocycles. The molecular formula is C9H10FN3O. The topological polar surface area (TPSA) is 68.0 Å². The number of nitrogens with two attached hydrogens (primary N) is 1. The molecule has 1 saturated heterocycles. The molecule has 0 radical (unpaired) electrons. The summed E-state index contributed by atoms with van der Waals surface area (Å²) >= 11 is 0. The highest BCUT2D eigenvalue weighted by atomic mass is 19.1. The van der Waals surface area contributed by atoms with Crippen LogP contribution in [0.2, 0.25) is 0 Å². The van der Waals surface area contributed by atoms with Crippen LogP contribution in [0.15, 0.2) is 12.4 Å². The molecule has 0 aromatic carbocycles. The van der Waals surface area contributed by atoms with Crippen molar-refractivity contribution in [3.05, 3.63) is 29.3 Å². The van der Waals surface area contributed by atoms with E-state index in [0.29, 0.717) is 5.56 Å². The third-order valence-electron chi connectivity index (χ3n) is 2.40. The first-order valence-corrected chi connectivity index (χ1v) is 4.34. The van der Waals surface area contributed by atoms with Gasteiger partial charge in [-0.3, -0.25) is 9.78 Å². The number of halogens is 1. The summed E-state index contributed by atoms with van der Waals surface area (Å²) in [6.45, 7) is 1.48. The third-order valence-corrected chi connectivity index (χ3v) is 2.40. The van der Waals surface area contributed by atoms with Crippen molar-refractivity contribution in [2.45, 2.75) is 5.92 Å². The highest BCUT2D eigenvalue weighted by Gasteiger charge is 2.25. The Morgan fingerprint density at radius 1 is 1.57 bits per heavy atom. The lowest BCUT2D eigenvalue weighted by Crippen LogP contribution is -2.41. The maximum absolute atomic E-state index is 13.2. The van der Waals surface area contributed by atoms with Gasteiger partial charge < -0.3 is 11.1 Å². The standard InChI is InChI=1S/C9H10FN3O/c10-7-4-13-3-6(5-1-12-2-5)8(7)9(11)14/h3-5,12H,1-2H2,(H2,11,14). The summed E-state index contributed by atoms with van der Waals surface area (Å²) < 4.78 is 13.2. The van der Waals surface area contributed by atoms with Gasteiger partial charge in [-0.2, -0.15) is 0 Å². The number of nitrogens with zero attached hydrogens (tertiary/aromatic N) is 1. The third kappa shape index (κ3) is 1.35. The first kappa shape index (κ1) is 9.08. The number of nitrogens with one attached hydrogen (secondary N) is 1. The molecule has 3 N–H and O–H groups in total. The molecule has 0 atom stereocenters. The van der Waals surface area contributed by atoms with Gasteiger partial charge in [0.1, 0.15) is 0 Å². The number of hydrogen-bond donors (Lipinski definition) is 2. The fraction of sp³-hybridized carbons (Fsp3) is 0.333. The van der Waals surface area contributed by atoms with E-state index < -0.39 is 11.7 Å². The monoisotopic (exact) mass is 195 g/mol. The normalized spacial score (nSPS) is 16.4. The average Bonchev–Trinajstić information content (AvgIpc) is 1.99. The predicted molar refractivity (Wildman–Crippen MR) is 48.3 cm³/mol. The molecule has 0 unspecified atom stereocenters. The van der Waals surface area contributed by atoms with Crippen molar-refractivity contribution in [2.75, 3.05) is 13.1 Å². The van der Waals surface area contributed by atoms with Crippen LogP contribution in [-0.4, -0.2) is 24.0 Å². The molecule has 0 saturated carbocycles. The second-order valence-corrected chi connectivity index (χ2v) is 3.30. The zero-order chi connectivity index (χ0) is 10.1. The smallest absolute Gasteiger partial charge is 0.252 e. The van der Waals surface area contributed by atoms with E-state index in [1.807, 2.05) is 0 Å². The van der Waals surface area contributed by atoms with Gasteiger partial charge in [-0.15, -0.1) is 0 Å². The van der Waals surface area contributed by atoms with Crippen molar-refractivity contribution < 1.29 is 9.18 Å². The van der Waals surface area contributed by atoms with Crippen molar-refractivity contribution in [3.63, 3.8) is 0 Å².